The molecule has 3 aromatic rings. The van der Waals surface area contributed by atoms with E-state index < -0.39 is 38.5 Å². The number of rotatable bonds is 9. The predicted octanol–water partition coefficient (Wildman–Crippen LogP) is 3.49. The maximum atomic E-state index is 13.3. The second-order valence-corrected chi connectivity index (χ2v) is 12.0. The summed E-state index contributed by atoms with van der Waals surface area (Å²) >= 11 is 0. The van der Waals surface area contributed by atoms with Crippen LogP contribution >= 0.6 is 0 Å². The number of amides is 1. The molecule has 0 radical (unpaired) electrons. The molecule has 0 bridgehead atoms. The summed E-state index contributed by atoms with van der Waals surface area (Å²) in [4.78, 5) is 12.7. The van der Waals surface area contributed by atoms with Crippen LogP contribution in [0.4, 0.5) is 21.5 Å². The SMILES string of the molecule is Cc1cccc(C)c1NS(=O)(=O)c1ccc(NC(=O)CN(c2ccc(F)cc2)S(=O)(=O)N(C)C)cc1. The molecular weight excluding hydrogens is 507 g/mol. The molecule has 0 saturated carbocycles. The lowest BCUT2D eigenvalue weighted by molar-refractivity contribution is -0.114. The highest BCUT2D eigenvalue weighted by Gasteiger charge is 2.27. The molecule has 0 fully saturated rings. The average Bonchev–Trinajstić information content (AvgIpc) is 2.81. The first kappa shape index (κ1) is 27.1. The Bertz CT molecular complexity index is 1440. The number of nitrogens with one attached hydrogen (secondary N) is 2. The fraction of sp³-hybridized carbons (Fsp3) is 0.208. The van der Waals surface area contributed by atoms with Gasteiger partial charge in [-0.25, -0.2) is 17.1 Å². The molecule has 3 aromatic carbocycles. The third kappa shape index (κ3) is 6.20. The largest absolute Gasteiger partial charge is 0.325 e. The minimum absolute atomic E-state index is 0.00808. The molecule has 0 spiro atoms. The molecule has 0 heterocycles. The molecule has 0 aliphatic heterocycles. The van der Waals surface area contributed by atoms with Crippen LogP contribution in [0.15, 0.2) is 71.6 Å². The number of hydrogen-bond acceptors (Lipinski definition) is 5. The van der Waals surface area contributed by atoms with Gasteiger partial charge in [-0.05, 0) is 73.5 Å². The van der Waals surface area contributed by atoms with Crippen molar-refractivity contribution >= 4 is 43.2 Å². The van der Waals surface area contributed by atoms with Crippen LogP contribution in [-0.4, -0.2) is 47.7 Å². The van der Waals surface area contributed by atoms with Crippen molar-refractivity contribution in [2.75, 3.05) is 35.0 Å². The fourth-order valence-electron chi connectivity index (χ4n) is 3.33. The lowest BCUT2D eigenvalue weighted by atomic mass is 10.1. The molecule has 0 aliphatic rings. The zero-order valence-corrected chi connectivity index (χ0v) is 21.8. The van der Waals surface area contributed by atoms with E-state index in [-0.39, 0.29) is 16.3 Å². The van der Waals surface area contributed by atoms with Crippen LogP contribution in [-0.2, 0) is 25.0 Å². The van der Waals surface area contributed by atoms with Gasteiger partial charge in [-0.15, -0.1) is 0 Å². The van der Waals surface area contributed by atoms with Crippen LogP contribution in [0.25, 0.3) is 0 Å². The highest BCUT2D eigenvalue weighted by molar-refractivity contribution is 7.92. The molecule has 0 atom stereocenters. The zero-order chi connectivity index (χ0) is 26.7. The summed E-state index contributed by atoms with van der Waals surface area (Å²) in [5.74, 6) is -1.22. The Labute approximate surface area is 210 Å². The normalized spacial score (nSPS) is 11.8. The van der Waals surface area contributed by atoms with Gasteiger partial charge in [0.15, 0.2) is 0 Å². The van der Waals surface area contributed by atoms with E-state index in [2.05, 4.69) is 10.0 Å². The molecule has 0 unspecified atom stereocenters. The number of carbonyl (C=O) groups is 1. The molecule has 0 saturated heterocycles. The topological polar surface area (TPSA) is 116 Å². The van der Waals surface area contributed by atoms with Crippen molar-refractivity contribution in [3.8, 4) is 0 Å². The van der Waals surface area contributed by atoms with E-state index in [4.69, 9.17) is 0 Å². The number of anilines is 3. The van der Waals surface area contributed by atoms with Gasteiger partial charge >= 0.3 is 10.2 Å². The maximum absolute atomic E-state index is 13.3. The number of para-hydroxylation sites is 1. The second kappa shape index (κ2) is 10.6. The smallest absolute Gasteiger partial charge is 0.304 e. The van der Waals surface area contributed by atoms with E-state index >= 15 is 0 Å². The van der Waals surface area contributed by atoms with Crippen molar-refractivity contribution in [1.82, 2.24) is 4.31 Å². The van der Waals surface area contributed by atoms with Crippen LogP contribution in [0.1, 0.15) is 11.1 Å². The van der Waals surface area contributed by atoms with Crippen LogP contribution in [0.2, 0.25) is 0 Å². The van der Waals surface area contributed by atoms with Gasteiger partial charge in [-0.3, -0.25) is 9.52 Å². The van der Waals surface area contributed by atoms with E-state index in [1.807, 2.05) is 6.07 Å². The molecule has 3 rings (SSSR count). The van der Waals surface area contributed by atoms with E-state index in [0.29, 0.717) is 5.69 Å². The molecule has 1 amide bonds. The number of aryl methyl sites for hydroxylation is 2. The van der Waals surface area contributed by atoms with Crippen molar-refractivity contribution in [2.24, 2.45) is 0 Å². The number of halogens is 1. The number of benzene rings is 3. The Morgan fingerprint density at radius 2 is 1.42 bits per heavy atom. The third-order valence-electron chi connectivity index (χ3n) is 5.31. The molecule has 192 valence electrons. The molecule has 9 nitrogen and oxygen atoms in total. The summed E-state index contributed by atoms with van der Waals surface area (Å²) < 4.78 is 68.9. The predicted molar refractivity (Wildman–Crippen MR) is 138 cm³/mol. The van der Waals surface area contributed by atoms with Crippen molar-refractivity contribution in [1.29, 1.82) is 0 Å². The minimum Gasteiger partial charge on any atom is -0.325 e. The van der Waals surface area contributed by atoms with E-state index in [1.54, 1.807) is 26.0 Å². The summed E-state index contributed by atoms with van der Waals surface area (Å²) in [6.07, 6.45) is 0. The Morgan fingerprint density at radius 3 is 1.94 bits per heavy atom. The van der Waals surface area contributed by atoms with Gasteiger partial charge in [0.25, 0.3) is 10.0 Å². The first-order valence-corrected chi connectivity index (χ1v) is 13.6. The van der Waals surface area contributed by atoms with Gasteiger partial charge in [0.1, 0.15) is 12.4 Å². The Morgan fingerprint density at radius 1 is 0.861 bits per heavy atom. The van der Waals surface area contributed by atoms with Crippen LogP contribution in [0.5, 0.6) is 0 Å². The Balaban J connectivity index is 1.77. The number of carbonyl (C=O) groups excluding carboxylic acids is 1. The van der Waals surface area contributed by atoms with Crippen LogP contribution < -0.4 is 14.3 Å². The second-order valence-electron chi connectivity index (χ2n) is 8.22. The first-order valence-electron chi connectivity index (χ1n) is 10.8. The average molecular weight is 535 g/mol. The van der Waals surface area contributed by atoms with Crippen molar-refractivity contribution in [3.63, 3.8) is 0 Å². The molecule has 0 aliphatic carbocycles. The first-order chi connectivity index (χ1) is 16.8. The molecule has 2 N–H and O–H groups in total. The maximum Gasteiger partial charge on any atom is 0.304 e. The molecular formula is C24H27FN4O5S2. The van der Waals surface area contributed by atoms with Gasteiger partial charge in [-0.1, -0.05) is 18.2 Å². The molecule has 0 aromatic heterocycles. The summed E-state index contributed by atoms with van der Waals surface area (Å²) in [7, 11) is -5.31. The summed E-state index contributed by atoms with van der Waals surface area (Å²) in [5, 5.41) is 2.56. The van der Waals surface area contributed by atoms with Crippen molar-refractivity contribution in [3.05, 3.63) is 83.7 Å². The third-order valence-corrected chi connectivity index (χ3v) is 8.49. The lowest BCUT2D eigenvalue weighted by Crippen LogP contribution is -2.44. The highest BCUT2D eigenvalue weighted by atomic mass is 32.2. The van der Waals surface area contributed by atoms with Gasteiger partial charge in [0.2, 0.25) is 5.91 Å². The van der Waals surface area contributed by atoms with Gasteiger partial charge in [0.05, 0.1) is 16.3 Å². The van der Waals surface area contributed by atoms with Gasteiger partial charge in [0, 0.05) is 19.8 Å². The van der Waals surface area contributed by atoms with Crippen molar-refractivity contribution in [2.45, 2.75) is 18.7 Å². The quantitative estimate of drug-likeness (QED) is 0.436. The zero-order valence-electron chi connectivity index (χ0n) is 20.2. The summed E-state index contributed by atoms with van der Waals surface area (Å²) in [6.45, 7) is 3.02. The number of hydrogen-bond donors (Lipinski definition) is 2. The number of sulfonamides is 1. The van der Waals surface area contributed by atoms with Crippen molar-refractivity contribution < 1.29 is 26.0 Å². The molecule has 12 heteroatoms. The summed E-state index contributed by atoms with van der Waals surface area (Å²) in [6, 6.07) is 15.6. The van der Waals surface area contributed by atoms with E-state index in [1.165, 1.54) is 50.5 Å². The fourth-order valence-corrected chi connectivity index (χ4v) is 5.59. The standard InChI is InChI=1S/C24H27FN4O5S2/c1-17-6-5-7-18(2)24(17)27-35(31,32)22-14-10-20(11-15-22)26-23(30)16-29(36(33,34)28(3)4)21-12-8-19(25)9-13-21/h5-15,27H,16H2,1-4H3,(H,26,30). The van der Waals surface area contributed by atoms with Crippen LogP contribution in [0, 0.1) is 19.7 Å². The number of nitrogens with zero attached hydrogens (tertiary/aromatic N) is 2. The monoisotopic (exact) mass is 534 g/mol. The van der Waals surface area contributed by atoms with Gasteiger partial charge < -0.3 is 5.32 Å². The minimum atomic E-state index is -4.06. The van der Waals surface area contributed by atoms with Crippen LogP contribution in [0.3, 0.4) is 0 Å². The Kier molecular flexibility index (Phi) is 8.02. The lowest BCUT2D eigenvalue weighted by Gasteiger charge is -2.26. The summed E-state index contributed by atoms with van der Waals surface area (Å²) in [5.41, 5.74) is 2.44. The van der Waals surface area contributed by atoms with E-state index in [9.17, 15) is 26.0 Å². The van der Waals surface area contributed by atoms with Gasteiger partial charge in [-0.2, -0.15) is 12.7 Å². The molecule has 36 heavy (non-hydrogen) atoms. The van der Waals surface area contributed by atoms with E-state index in [0.717, 1.165) is 31.9 Å². The Hall–Kier alpha value is -3.48. The highest BCUT2D eigenvalue weighted by Crippen LogP contribution is 2.24.